The van der Waals surface area contributed by atoms with E-state index in [1.54, 1.807) is 20.5 Å². The first-order valence-electron chi connectivity index (χ1n) is 10.7. The highest BCUT2D eigenvalue weighted by molar-refractivity contribution is 5.79. The number of methoxy groups -OCH3 is 2. The van der Waals surface area contributed by atoms with E-state index in [1.807, 2.05) is 6.07 Å². The predicted molar refractivity (Wildman–Crippen MR) is 117 cm³/mol. The summed E-state index contributed by atoms with van der Waals surface area (Å²) in [5.74, 6) is 1.59. The number of hydrogen-bond acceptors (Lipinski definition) is 4. The number of furan rings is 1. The second-order valence-corrected chi connectivity index (χ2v) is 7.95. The van der Waals surface area contributed by atoms with Gasteiger partial charge >= 0.3 is 0 Å². The Kier molecular flexibility index (Phi) is 6.10. The van der Waals surface area contributed by atoms with Crippen molar-refractivity contribution in [1.82, 2.24) is 4.90 Å². The van der Waals surface area contributed by atoms with E-state index in [-0.39, 0.29) is 0 Å². The molecule has 1 aliphatic carbocycles. The third kappa shape index (κ3) is 4.27. The van der Waals surface area contributed by atoms with Gasteiger partial charge in [0.2, 0.25) is 0 Å². The average Bonchev–Trinajstić information content (AvgIpc) is 3.21. The minimum Gasteiger partial charge on any atom is -0.493 e. The summed E-state index contributed by atoms with van der Waals surface area (Å²) in [5.41, 5.74) is 5.25. The topological polar surface area (TPSA) is 34.8 Å². The van der Waals surface area contributed by atoms with Gasteiger partial charge in [-0.15, -0.1) is 0 Å². The summed E-state index contributed by atoms with van der Waals surface area (Å²) < 4.78 is 16.5. The minimum atomic E-state index is 0.593. The van der Waals surface area contributed by atoms with E-state index in [0.717, 1.165) is 49.4 Å². The van der Waals surface area contributed by atoms with Crippen LogP contribution in [0.2, 0.25) is 0 Å². The van der Waals surface area contributed by atoms with E-state index in [0.29, 0.717) is 6.04 Å². The molecule has 1 aliphatic rings. The van der Waals surface area contributed by atoms with Crippen LogP contribution in [-0.4, -0.2) is 38.3 Å². The molecule has 0 saturated carbocycles. The van der Waals surface area contributed by atoms with Crippen molar-refractivity contribution < 1.29 is 13.9 Å². The maximum Gasteiger partial charge on any atom is 0.160 e. The molecule has 0 aliphatic heterocycles. The highest BCUT2D eigenvalue weighted by atomic mass is 16.5. The first-order chi connectivity index (χ1) is 14.2. The highest BCUT2D eigenvalue weighted by Gasteiger charge is 2.24. The van der Waals surface area contributed by atoms with Gasteiger partial charge in [0.1, 0.15) is 5.58 Å². The van der Waals surface area contributed by atoms with Crippen LogP contribution in [0, 0.1) is 0 Å². The zero-order valence-electron chi connectivity index (χ0n) is 17.7. The molecule has 0 spiro atoms. The van der Waals surface area contributed by atoms with Gasteiger partial charge in [-0.05, 0) is 85.7 Å². The molecule has 2 aromatic carbocycles. The van der Waals surface area contributed by atoms with Crippen LogP contribution in [0.4, 0.5) is 0 Å². The number of benzene rings is 2. The largest absolute Gasteiger partial charge is 0.493 e. The lowest BCUT2D eigenvalue weighted by Gasteiger charge is -2.35. The summed E-state index contributed by atoms with van der Waals surface area (Å²) in [7, 11) is 3.37. The Hall–Kier alpha value is -2.46. The Bertz CT molecular complexity index is 962. The van der Waals surface area contributed by atoms with E-state index in [2.05, 4.69) is 42.2 Å². The van der Waals surface area contributed by atoms with Crippen LogP contribution in [-0.2, 0) is 19.3 Å². The SMILES string of the molecule is CCCN(CCc1ccc(OC)c(OC)c1)[C@H]1CCc2cc3ccoc3cc2C1. The molecule has 4 heteroatoms. The number of ether oxygens (including phenoxy) is 2. The molecule has 4 nitrogen and oxygen atoms in total. The van der Waals surface area contributed by atoms with E-state index in [9.17, 15) is 0 Å². The average molecular weight is 394 g/mol. The summed E-state index contributed by atoms with van der Waals surface area (Å²) in [5, 5.41) is 1.22. The summed E-state index contributed by atoms with van der Waals surface area (Å²) in [6, 6.07) is 13.5. The standard InChI is InChI=1S/C25H31NO3/c1-4-11-26(12-9-18-5-8-23(27-2)25(14-18)28-3)22-7-6-19-15-20-10-13-29-24(20)17-21(19)16-22/h5,8,10,13-15,17,22H,4,6-7,9,11-12,16H2,1-3H3/t22-/m0/s1. The fraction of sp³-hybridized carbons (Fsp3) is 0.440. The van der Waals surface area contributed by atoms with Crippen molar-refractivity contribution in [2.45, 2.75) is 45.1 Å². The van der Waals surface area contributed by atoms with Gasteiger partial charge in [0.15, 0.2) is 11.5 Å². The van der Waals surface area contributed by atoms with Crippen LogP contribution in [0.3, 0.4) is 0 Å². The van der Waals surface area contributed by atoms with Crippen LogP contribution in [0.25, 0.3) is 11.0 Å². The lowest BCUT2D eigenvalue weighted by molar-refractivity contribution is 0.182. The fourth-order valence-corrected chi connectivity index (χ4v) is 4.58. The van der Waals surface area contributed by atoms with Gasteiger partial charge in [-0.25, -0.2) is 0 Å². The van der Waals surface area contributed by atoms with Crippen molar-refractivity contribution in [1.29, 1.82) is 0 Å². The summed E-state index contributed by atoms with van der Waals surface area (Å²) in [6.45, 7) is 4.47. The molecule has 0 unspecified atom stereocenters. The first kappa shape index (κ1) is 19.8. The molecule has 0 bridgehead atoms. The molecule has 1 heterocycles. The second-order valence-electron chi connectivity index (χ2n) is 7.95. The Morgan fingerprint density at radius 1 is 1.00 bits per heavy atom. The maximum atomic E-state index is 5.64. The number of aryl methyl sites for hydroxylation is 1. The molecule has 0 radical (unpaired) electrons. The molecule has 0 saturated heterocycles. The van der Waals surface area contributed by atoms with E-state index >= 15 is 0 Å². The van der Waals surface area contributed by atoms with E-state index in [1.165, 1.54) is 34.9 Å². The van der Waals surface area contributed by atoms with Crippen LogP contribution in [0.1, 0.15) is 36.5 Å². The molecule has 29 heavy (non-hydrogen) atoms. The van der Waals surface area contributed by atoms with Gasteiger partial charge < -0.3 is 13.9 Å². The molecule has 154 valence electrons. The van der Waals surface area contributed by atoms with Gasteiger partial charge in [0.05, 0.1) is 20.5 Å². The molecule has 0 fully saturated rings. The molecule has 1 atom stereocenters. The second kappa shape index (κ2) is 8.91. The summed E-state index contributed by atoms with van der Waals surface area (Å²) in [6.07, 6.45) is 7.46. The molecular weight excluding hydrogens is 362 g/mol. The maximum absolute atomic E-state index is 5.64. The van der Waals surface area contributed by atoms with Crippen molar-refractivity contribution in [3.05, 3.63) is 59.4 Å². The van der Waals surface area contributed by atoms with Gasteiger partial charge in [-0.2, -0.15) is 0 Å². The third-order valence-electron chi connectivity index (χ3n) is 6.14. The van der Waals surface area contributed by atoms with Gasteiger partial charge in [0.25, 0.3) is 0 Å². The summed E-state index contributed by atoms with van der Waals surface area (Å²) in [4.78, 5) is 2.67. The Morgan fingerprint density at radius 2 is 1.86 bits per heavy atom. The van der Waals surface area contributed by atoms with Crippen molar-refractivity contribution in [3.63, 3.8) is 0 Å². The van der Waals surface area contributed by atoms with Crippen molar-refractivity contribution in [2.75, 3.05) is 27.3 Å². The number of hydrogen-bond donors (Lipinski definition) is 0. The lowest BCUT2D eigenvalue weighted by atomic mass is 9.86. The smallest absolute Gasteiger partial charge is 0.160 e. The zero-order chi connectivity index (χ0) is 20.2. The minimum absolute atomic E-state index is 0.593. The Balaban J connectivity index is 1.46. The van der Waals surface area contributed by atoms with Crippen molar-refractivity contribution >= 4 is 11.0 Å². The summed E-state index contributed by atoms with van der Waals surface area (Å²) >= 11 is 0. The van der Waals surface area contributed by atoms with Crippen LogP contribution >= 0.6 is 0 Å². The van der Waals surface area contributed by atoms with Crippen LogP contribution in [0.5, 0.6) is 11.5 Å². The van der Waals surface area contributed by atoms with E-state index in [4.69, 9.17) is 13.9 Å². The van der Waals surface area contributed by atoms with Crippen molar-refractivity contribution in [3.8, 4) is 11.5 Å². The Labute approximate surface area is 173 Å². The van der Waals surface area contributed by atoms with Gasteiger partial charge in [-0.1, -0.05) is 13.0 Å². The number of fused-ring (bicyclic) bond motifs is 2. The Morgan fingerprint density at radius 3 is 2.66 bits per heavy atom. The van der Waals surface area contributed by atoms with Crippen LogP contribution < -0.4 is 9.47 Å². The van der Waals surface area contributed by atoms with E-state index < -0.39 is 0 Å². The molecular formula is C25H31NO3. The quantitative estimate of drug-likeness (QED) is 0.523. The molecule has 3 aromatic rings. The fourth-order valence-electron chi connectivity index (χ4n) is 4.58. The normalized spacial score (nSPS) is 16.2. The zero-order valence-corrected chi connectivity index (χ0v) is 17.7. The first-order valence-corrected chi connectivity index (χ1v) is 10.7. The third-order valence-corrected chi connectivity index (χ3v) is 6.14. The number of rotatable bonds is 8. The molecule has 0 N–H and O–H groups in total. The lowest BCUT2D eigenvalue weighted by Crippen LogP contribution is -2.41. The molecule has 0 amide bonds. The molecule has 1 aromatic heterocycles. The predicted octanol–water partition coefficient (Wildman–Crippen LogP) is 5.26. The number of nitrogens with zero attached hydrogens (tertiary/aromatic N) is 1. The molecule has 4 rings (SSSR count). The monoisotopic (exact) mass is 393 g/mol. The van der Waals surface area contributed by atoms with Crippen LogP contribution in [0.15, 0.2) is 47.1 Å². The van der Waals surface area contributed by atoms with Gasteiger partial charge in [-0.3, -0.25) is 4.90 Å². The van der Waals surface area contributed by atoms with Gasteiger partial charge in [0, 0.05) is 18.0 Å². The van der Waals surface area contributed by atoms with Crippen molar-refractivity contribution in [2.24, 2.45) is 0 Å². The highest BCUT2D eigenvalue weighted by Crippen LogP contribution is 2.30.